The quantitative estimate of drug-likeness (QED) is 0.798. The van der Waals surface area contributed by atoms with Crippen molar-refractivity contribution in [3.63, 3.8) is 0 Å². The van der Waals surface area contributed by atoms with E-state index in [1.807, 2.05) is 56.3 Å². The zero-order valence-electron chi connectivity index (χ0n) is 11.9. The molecule has 0 aliphatic heterocycles. The van der Waals surface area contributed by atoms with Crippen molar-refractivity contribution >= 4 is 0 Å². The zero-order valence-corrected chi connectivity index (χ0v) is 11.9. The van der Waals surface area contributed by atoms with Crippen molar-refractivity contribution in [2.75, 3.05) is 0 Å². The maximum Gasteiger partial charge on any atom is 0.251 e. The molecule has 2 heterocycles. The number of benzene rings is 1. The topological polar surface area (TPSA) is 77.8 Å². The number of hydrogen-bond donors (Lipinski definition) is 1. The van der Waals surface area contributed by atoms with Crippen molar-refractivity contribution in [1.29, 1.82) is 0 Å². The average Bonchev–Trinajstić information content (AvgIpc) is 2.99. The third-order valence-corrected chi connectivity index (χ3v) is 3.39. The Morgan fingerprint density at radius 2 is 1.90 bits per heavy atom. The van der Waals surface area contributed by atoms with E-state index in [-0.39, 0.29) is 0 Å². The van der Waals surface area contributed by atoms with Gasteiger partial charge in [0.05, 0.1) is 0 Å². The van der Waals surface area contributed by atoms with Crippen molar-refractivity contribution in [2.45, 2.75) is 19.4 Å². The van der Waals surface area contributed by atoms with Gasteiger partial charge in [-0.15, -0.1) is 0 Å². The Morgan fingerprint density at radius 3 is 2.62 bits per heavy atom. The number of aromatic nitrogens is 3. The summed E-state index contributed by atoms with van der Waals surface area (Å²) in [5.41, 5.74) is 8.20. The minimum Gasteiger partial charge on any atom is -0.336 e. The molecule has 0 aliphatic rings. The van der Waals surface area contributed by atoms with Crippen LogP contribution in [0.3, 0.4) is 0 Å². The zero-order chi connectivity index (χ0) is 14.9. The summed E-state index contributed by atoms with van der Waals surface area (Å²) in [6.45, 7) is 3.84. The van der Waals surface area contributed by atoms with Crippen molar-refractivity contribution in [3.05, 3.63) is 65.7 Å². The van der Waals surface area contributed by atoms with Crippen LogP contribution in [0.2, 0.25) is 0 Å². The fourth-order valence-electron chi connectivity index (χ4n) is 2.10. The van der Waals surface area contributed by atoms with Gasteiger partial charge in [0.1, 0.15) is 11.2 Å². The van der Waals surface area contributed by atoms with E-state index in [2.05, 4.69) is 15.1 Å². The maximum absolute atomic E-state index is 6.36. The summed E-state index contributed by atoms with van der Waals surface area (Å²) < 4.78 is 5.35. The minimum absolute atomic E-state index is 0.368. The SMILES string of the molecule is Cc1ccnc(-c2noc(C(C)(N)c3ccccc3)n2)c1. The van der Waals surface area contributed by atoms with E-state index in [1.165, 1.54) is 0 Å². The van der Waals surface area contributed by atoms with Crippen LogP contribution in [0.1, 0.15) is 23.9 Å². The van der Waals surface area contributed by atoms with Crippen LogP contribution in [-0.4, -0.2) is 15.1 Å². The molecule has 106 valence electrons. The molecule has 0 amide bonds. The van der Waals surface area contributed by atoms with E-state index in [9.17, 15) is 0 Å². The molecule has 21 heavy (non-hydrogen) atoms. The smallest absolute Gasteiger partial charge is 0.251 e. The van der Waals surface area contributed by atoms with Crippen LogP contribution in [-0.2, 0) is 5.54 Å². The first-order valence-electron chi connectivity index (χ1n) is 6.69. The summed E-state index contributed by atoms with van der Waals surface area (Å²) in [7, 11) is 0. The van der Waals surface area contributed by atoms with Gasteiger partial charge in [0, 0.05) is 6.20 Å². The molecule has 0 radical (unpaired) electrons. The number of pyridine rings is 1. The molecule has 3 aromatic rings. The lowest BCUT2D eigenvalue weighted by Crippen LogP contribution is -2.34. The summed E-state index contributed by atoms with van der Waals surface area (Å²) in [6.07, 6.45) is 1.72. The largest absolute Gasteiger partial charge is 0.336 e. The number of aryl methyl sites for hydroxylation is 1. The molecule has 0 fully saturated rings. The van der Waals surface area contributed by atoms with Crippen LogP contribution < -0.4 is 5.73 Å². The second-order valence-electron chi connectivity index (χ2n) is 5.21. The Hall–Kier alpha value is -2.53. The highest BCUT2D eigenvalue weighted by molar-refractivity contribution is 5.49. The van der Waals surface area contributed by atoms with Gasteiger partial charge in [0.2, 0.25) is 5.82 Å². The molecule has 1 atom stereocenters. The molecule has 0 spiro atoms. The van der Waals surface area contributed by atoms with Crippen molar-refractivity contribution in [1.82, 2.24) is 15.1 Å². The summed E-state index contributed by atoms with van der Waals surface area (Å²) in [5.74, 6) is 0.813. The molecule has 0 saturated carbocycles. The van der Waals surface area contributed by atoms with Crippen LogP contribution in [0.4, 0.5) is 0 Å². The molecule has 2 N–H and O–H groups in total. The van der Waals surface area contributed by atoms with Crippen LogP contribution in [0, 0.1) is 6.92 Å². The summed E-state index contributed by atoms with van der Waals surface area (Å²) in [6, 6.07) is 13.5. The Bertz CT molecular complexity index is 750. The van der Waals surface area contributed by atoms with E-state index in [0.717, 1.165) is 11.1 Å². The molecule has 0 aliphatic carbocycles. The normalized spacial score (nSPS) is 13.9. The maximum atomic E-state index is 6.36. The fourth-order valence-corrected chi connectivity index (χ4v) is 2.10. The predicted octanol–water partition coefficient (Wildman–Crippen LogP) is 2.66. The van der Waals surface area contributed by atoms with Crippen LogP contribution in [0.5, 0.6) is 0 Å². The van der Waals surface area contributed by atoms with E-state index in [4.69, 9.17) is 10.3 Å². The first-order chi connectivity index (χ1) is 10.1. The highest BCUT2D eigenvalue weighted by atomic mass is 16.5. The van der Waals surface area contributed by atoms with Crippen LogP contribution >= 0.6 is 0 Å². The van der Waals surface area contributed by atoms with Gasteiger partial charge in [-0.2, -0.15) is 4.98 Å². The summed E-state index contributed by atoms with van der Waals surface area (Å²) >= 11 is 0. The van der Waals surface area contributed by atoms with E-state index in [1.54, 1.807) is 6.20 Å². The van der Waals surface area contributed by atoms with E-state index >= 15 is 0 Å². The molecule has 0 bridgehead atoms. The number of rotatable bonds is 3. The van der Waals surface area contributed by atoms with E-state index in [0.29, 0.717) is 17.4 Å². The average molecular weight is 280 g/mol. The predicted molar refractivity (Wildman–Crippen MR) is 79.3 cm³/mol. The van der Waals surface area contributed by atoms with Crippen LogP contribution in [0.25, 0.3) is 11.5 Å². The molecule has 3 rings (SSSR count). The first kappa shape index (κ1) is 13.5. The van der Waals surface area contributed by atoms with Gasteiger partial charge >= 0.3 is 0 Å². The molecule has 1 unspecified atom stereocenters. The van der Waals surface area contributed by atoms with Crippen molar-refractivity contribution in [3.8, 4) is 11.5 Å². The third kappa shape index (κ3) is 2.55. The molecule has 0 saturated heterocycles. The van der Waals surface area contributed by atoms with Gasteiger partial charge in [-0.05, 0) is 37.1 Å². The third-order valence-electron chi connectivity index (χ3n) is 3.39. The Labute approximate surface area is 122 Å². The first-order valence-corrected chi connectivity index (χ1v) is 6.69. The fraction of sp³-hybridized carbons (Fsp3) is 0.188. The standard InChI is InChI=1S/C16H16N4O/c1-11-8-9-18-13(10-11)14-19-15(21-20-14)16(2,17)12-6-4-3-5-7-12/h3-10H,17H2,1-2H3. The van der Waals surface area contributed by atoms with Crippen LogP contribution in [0.15, 0.2) is 53.2 Å². The second-order valence-corrected chi connectivity index (χ2v) is 5.21. The van der Waals surface area contributed by atoms with Gasteiger partial charge in [0.25, 0.3) is 5.89 Å². The highest BCUT2D eigenvalue weighted by Crippen LogP contribution is 2.26. The molecule has 1 aromatic carbocycles. The number of nitrogens with zero attached hydrogens (tertiary/aromatic N) is 3. The summed E-state index contributed by atoms with van der Waals surface area (Å²) in [5, 5.41) is 3.99. The molecule has 5 nitrogen and oxygen atoms in total. The Balaban J connectivity index is 1.98. The Morgan fingerprint density at radius 1 is 1.14 bits per heavy atom. The van der Waals surface area contributed by atoms with Gasteiger partial charge in [0.15, 0.2) is 0 Å². The highest BCUT2D eigenvalue weighted by Gasteiger charge is 2.30. The lowest BCUT2D eigenvalue weighted by molar-refractivity contribution is 0.325. The minimum atomic E-state index is -0.837. The number of nitrogens with two attached hydrogens (primary N) is 1. The van der Waals surface area contributed by atoms with Crippen molar-refractivity contribution < 1.29 is 4.52 Å². The molecule has 5 heteroatoms. The lowest BCUT2D eigenvalue weighted by Gasteiger charge is -2.20. The second kappa shape index (κ2) is 5.10. The number of hydrogen-bond acceptors (Lipinski definition) is 5. The molecule has 2 aromatic heterocycles. The molecular formula is C16H16N4O. The van der Waals surface area contributed by atoms with E-state index < -0.39 is 5.54 Å². The van der Waals surface area contributed by atoms with Crippen molar-refractivity contribution in [2.24, 2.45) is 5.73 Å². The van der Waals surface area contributed by atoms with Gasteiger partial charge in [-0.1, -0.05) is 35.5 Å². The van der Waals surface area contributed by atoms with Gasteiger partial charge < -0.3 is 10.3 Å². The summed E-state index contributed by atoms with van der Waals surface area (Å²) in [4.78, 5) is 8.66. The monoisotopic (exact) mass is 280 g/mol. The Kier molecular flexibility index (Phi) is 3.27. The molecular weight excluding hydrogens is 264 g/mol. The van der Waals surface area contributed by atoms with Gasteiger partial charge in [-0.3, -0.25) is 4.98 Å². The van der Waals surface area contributed by atoms with Gasteiger partial charge in [-0.25, -0.2) is 0 Å². The lowest BCUT2D eigenvalue weighted by atomic mass is 9.93.